The van der Waals surface area contributed by atoms with E-state index < -0.39 is 46.2 Å². The van der Waals surface area contributed by atoms with Crippen LogP contribution in [0.15, 0.2) is 23.2 Å². The van der Waals surface area contributed by atoms with E-state index in [9.17, 15) is 31.1 Å². The van der Waals surface area contributed by atoms with Crippen LogP contribution in [0, 0.1) is 0 Å². The number of halogens is 7. The number of hydrogen-bond donors (Lipinski definition) is 0. The Morgan fingerprint density at radius 1 is 1.03 bits per heavy atom. The first-order valence-corrected chi connectivity index (χ1v) is 9.29. The van der Waals surface area contributed by atoms with Crippen molar-refractivity contribution in [1.29, 1.82) is 0 Å². The lowest BCUT2D eigenvalue weighted by Crippen LogP contribution is -2.46. The lowest BCUT2D eigenvalue weighted by Gasteiger charge is -2.29. The average Bonchev–Trinajstić information content (AvgIpc) is 2.59. The molecule has 0 heterocycles. The summed E-state index contributed by atoms with van der Waals surface area (Å²) in [5, 5.41) is -0.135. The molecule has 11 heteroatoms. The zero-order valence-corrected chi connectivity index (χ0v) is 17.6. The number of nitrogens with zero attached hydrogens (tertiary/aromatic N) is 1. The third-order valence-electron chi connectivity index (χ3n) is 3.60. The molecule has 0 amide bonds. The first-order chi connectivity index (χ1) is 13.0. The number of benzene rings is 1. The van der Waals surface area contributed by atoms with Gasteiger partial charge in [-0.05, 0) is 44.5 Å². The second-order valence-electron chi connectivity index (χ2n) is 7.16. The molecule has 1 unspecified atom stereocenters. The Hall–Kier alpha value is -1.62. The van der Waals surface area contributed by atoms with Gasteiger partial charge in [0.25, 0.3) is 0 Å². The number of hydrogen-bond acceptors (Lipinski definition) is 4. The molecule has 0 spiro atoms. The first-order valence-electron chi connectivity index (χ1n) is 8.17. The molecule has 0 saturated heterocycles. The summed E-state index contributed by atoms with van der Waals surface area (Å²) in [5.41, 5.74) is -5.83. The fraction of sp³-hybridized carbons (Fsp3) is 0.556. The van der Waals surface area contributed by atoms with Crippen LogP contribution in [-0.2, 0) is 26.6 Å². The fourth-order valence-corrected chi connectivity index (χ4v) is 2.59. The Morgan fingerprint density at radius 2 is 1.52 bits per heavy atom. The molecule has 0 N–H and O–H groups in total. The lowest BCUT2D eigenvalue weighted by molar-refractivity contribution is -0.150. The zero-order chi connectivity index (χ0) is 22.7. The van der Waals surface area contributed by atoms with Crippen molar-refractivity contribution in [2.24, 2.45) is 4.99 Å². The molecule has 0 saturated carbocycles. The smallest absolute Gasteiger partial charge is 0.416 e. The minimum absolute atomic E-state index is 0.0120. The van der Waals surface area contributed by atoms with Crippen molar-refractivity contribution in [2.45, 2.75) is 44.3 Å². The van der Waals surface area contributed by atoms with Crippen LogP contribution in [0.25, 0.3) is 0 Å². The van der Waals surface area contributed by atoms with Gasteiger partial charge in [0.1, 0.15) is 0 Å². The predicted molar refractivity (Wildman–Crippen MR) is 98.3 cm³/mol. The molecule has 0 radical (unpaired) electrons. The normalized spacial score (nSPS) is 15.4. The molecular formula is C18H20BrF6NO3. The summed E-state index contributed by atoms with van der Waals surface area (Å²) in [6.07, 6.45) is -9.21. The molecule has 1 rings (SSSR count). The third kappa shape index (κ3) is 7.29. The highest BCUT2D eigenvalue weighted by Gasteiger charge is 2.40. The summed E-state index contributed by atoms with van der Waals surface area (Å²) in [7, 11) is 1.08. The number of alkyl halides is 7. The minimum Gasteiger partial charge on any atom is -0.467 e. The third-order valence-corrected chi connectivity index (χ3v) is 4.53. The van der Waals surface area contributed by atoms with E-state index >= 15 is 0 Å². The van der Waals surface area contributed by atoms with Crippen LogP contribution in [0.2, 0.25) is 0 Å². The van der Waals surface area contributed by atoms with Gasteiger partial charge in [-0.2, -0.15) is 26.3 Å². The molecule has 1 aromatic rings. The van der Waals surface area contributed by atoms with E-state index in [0.29, 0.717) is 12.1 Å². The Balaban J connectivity index is 3.45. The van der Waals surface area contributed by atoms with Gasteiger partial charge < -0.3 is 9.47 Å². The summed E-state index contributed by atoms with van der Waals surface area (Å²) in [6.45, 7) is 4.80. The molecule has 0 fully saturated rings. The maximum absolute atomic E-state index is 13.0. The van der Waals surface area contributed by atoms with Crippen molar-refractivity contribution in [3.63, 3.8) is 0 Å². The number of rotatable bonds is 6. The van der Waals surface area contributed by atoms with Crippen LogP contribution < -0.4 is 0 Å². The summed E-state index contributed by atoms with van der Waals surface area (Å²) >= 11 is 3.09. The van der Waals surface area contributed by atoms with Gasteiger partial charge in [-0.15, -0.1) is 0 Å². The van der Waals surface area contributed by atoms with E-state index in [4.69, 9.17) is 9.47 Å². The highest BCUT2D eigenvalue weighted by Crippen LogP contribution is 2.36. The Bertz CT molecular complexity index is 723. The SMILES string of the molecule is COC(=O)C(CBr)(COC(C)(C)C)N=Cc1cc(C(F)(F)F)cc(C(F)(F)F)c1. The molecule has 4 nitrogen and oxygen atoms in total. The maximum atomic E-state index is 13.0. The van der Waals surface area contributed by atoms with E-state index in [1.54, 1.807) is 20.8 Å². The fourth-order valence-electron chi connectivity index (χ4n) is 2.05. The number of carbonyl (C=O) groups excluding carboxylic acids is 1. The Morgan fingerprint density at radius 3 is 1.86 bits per heavy atom. The van der Waals surface area contributed by atoms with E-state index in [1.165, 1.54) is 0 Å². The molecule has 29 heavy (non-hydrogen) atoms. The van der Waals surface area contributed by atoms with Gasteiger partial charge in [-0.25, -0.2) is 4.79 Å². The molecule has 0 bridgehead atoms. The highest BCUT2D eigenvalue weighted by molar-refractivity contribution is 9.09. The van der Waals surface area contributed by atoms with Crippen LogP contribution >= 0.6 is 15.9 Å². The Kier molecular flexibility index (Phi) is 7.91. The number of methoxy groups -OCH3 is 1. The van der Waals surface area contributed by atoms with E-state index in [1.807, 2.05) is 0 Å². The van der Waals surface area contributed by atoms with Gasteiger partial charge >= 0.3 is 18.3 Å². The maximum Gasteiger partial charge on any atom is 0.416 e. The molecule has 164 valence electrons. The number of carbonyl (C=O) groups is 1. The summed E-state index contributed by atoms with van der Waals surface area (Å²) in [6, 6.07) is 1.04. The zero-order valence-electron chi connectivity index (χ0n) is 16.0. The topological polar surface area (TPSA) is 47.9 Å². The summed E-state index contributed by atoms with van der Waals surface area (Å²) < 4.78 is 88.2. The molecule has 1 aromatic carbocycles. The van der Waals surface area contributed by atoms with Gasteiger partial charge in [0, 0.05) is 11.5 Å². The van der Waals surface area contributed by atoms with Crippen LogP contribution in [0.4, 0.5) is 26.3 Å². The largest absolute Gasteiger partial charge is 0.467 e. The number of aliphatic imine (C=N–C) groups is 1. The van der Waals surface area contributed by atoms with Gasteiger partial charge in [0.05, 0.1) is 30.4 Å². The summed E-state index contributed by atoms with van der Waals surface area (Å²) in [4.78, 5) is 16.2. The van der Waals surface area contributed by atoms with Crippen molar-refractivity contribution >= 4 is 28.1 Å². The molecule has 0 aliphatic carbocycles. The Labute approximate surface area is 172 Å². The van der Waals surface area contributed by atoms with Crippen LogP contribution in [0.1, 0.15) is 37.5 Å². The second-order valence-corrected chi connectivity index (χ2v) is 7.72. The average molecular weight is 492 g/mol. The predicted octanol–water partition coefficient (Wildman–Crippen LogP) is 5.26. The van der Waals surface area contributed by atoms with E-state index in [0.717, 1.165) is 13.3 Å². The van der Waals surface area contributed by atoms with Gasteiger partial charge in [-0.1, -0.05) is 15.9 Å². The van der Waals surface area contributed by atoms with Gasteiger partial charge in [0.2, 0.25) is 0 Å². The van der Waals surface area contributed by atoms with Crippen molar-refractivity contribution in [3.8, 4) is 0 Å². The van der Waals surface area contributed by atoms with Crippen molar-refractivity contribution in [1.82, 2.24) is 0 Å². The van der Waals surface area contributed by atoms with Crippen molar-refractivity contribution in [3.05, 3.63) is 34.9 Å². The monoisotopic (exact) mass is 491 g/mol. The van der Waals surface area contributed by atoms with Crippen molar-refractivity contribution < 1.29 is 40.6 Å². The van der Waals surface area contributed by atoms with Crippen molar-refractivity contribution in [2.75, 3.05) is 19.0 Å². The van der Waals surface area contributed by atoms with Crippen LogP contribution in [-0.4, -0.2) is 42.4 Å². The van der Waals surface area contributed by atoms with Gasteiger partial charge in [0.15, 0.2) is 5.54 Å². The van der Waals surface area contributed by atoms with Crippen LogP contribution in [0.5, 0.6) is 0 Å². The minimum atomic E-state index is -4.99. The molecular weight excluding hydrogens is 472 g/mol. The number of esters is 1. The van der Waals surface area contributed by atoms with E-state index in [-0.39, 0.29) is 18.0 Å². The van der Waals surface area contributed by atoms with Crippen LogP contribution in [0.3, 0.4) is 0 Å². The number of ether oxygens (including phenoxy) is 2. The highest BCUT2D eigenvalue weighted by atomic mass is 79.9. The molecule has 0 aromatic heterocycles. The summed E-state index contributed by atoms with van der Waals surface area (Å²) in [5.74, 6) is -0.863. The molecule has 1 atom stereocenters. The van der Waals surface area contributed by atoms with E-state index in [2.05, 4.69) is 20.9 Å². The second kappa shape index (κ2) is 9.03. The molecule has 0 aliphatic rings. The first kappa shape index (κ1) is 25.4. The van der Waals surface area contributed by atoms with Gasteiger partial charge in [-0.3, -0.25) is 4.99 Å². The molecule has 0 aliphatic heterocycles. The lowest BCUT2D eigenvalue weighted by atomic mass is 10.0. The standard InChI is InChI=1S/C18H20BrF6NO3/c1-15(2,3)29-10-16(9-19,14(27)28-4)26-8-11-5-12(17(20,21)22)7-13(6-11)18(23,24)25/h5-8H,9-10H2,1-4H3. The quantitative estimate of drug-likeness (QED) is 0.236.